The van der Waals surface area contributed by atoms with E-state index in [1.54, 1.807) is 24.5 Å². The van der Waals surface area contributed by atoms with E-state index in [0.717, 1.165) is 0 Å². The van der Waals surface area contributed by atoms with E-state index >= 15 is 0 Å². The van der Waals surface area contributed by atoms with Gasteiger partial charge in [0.1, 0.15) is 10.7 Å². The highest BCUT2D eigenvalue weighted by Crippen LogP contribution is 2.23. The molecular weight excluding hydrogens is 310 g/mol. The monoisotopic (exact) mass is 319 g/mol. The first-order valence-corrected chi connectivity index (χ1v) is 7.37. The maximum atomic E-state index is 12.0. The number of hydrogen-bond acceptors (Lipinski definition) is 6. The van der Waals surface area contributed by atoms with Crippen LogP contribution in [-0.2, 0) is 5.75 Å². The van der Waals surface area contributed by atoms with Gasteiger partial charge in [-0.15, -0.1) is 0 Å². The van der Waals surface area contributed by atoms with Crippen molar-refractivity contribution in [3.8, 4) is 0 Å². The molecule has 0 saturated carbocycles. The van der Waals surface area contributed by atoms with Crippen molar-refractivity contribution in [3.05, 3.63) is 57.9 Å². The molecule has 0 atom stereocenters. The molecule has 6 nitrogen and oxygen atoms in total. The van der Waals surface area contributed by atoms with Gasteiger partial charge in [0.2, 0.25) is 0 Å². The Balaban J connectivity index is 1.90. The Labute approximate surface area is 129 Å². The van der Waals surface area contributed by atoms with Crippen LogP contribution < -0.4 is 11.3 Å². The summed E-state index contributed by atoms with van der Waals surface area (Å²) in [5.74, 6) is 0.851. The number of rotatable bonds is 3. The quantitative estimate of drug-likeness (QED) is 0.743. The van der Waals surface area contributed by atoms with Crippen LogP contribution in [0.4, 0.5) is 5.82 Å². The lowest BCUT2D eigenvalue weighted by atomic mass is 10.4. The van der Waals surface area contributed by atoms with Crippen molar-refractivity contribution in [2.24, 2.45) is 0 Å². The zero-order chi connectivity index (χ0) is 14.8. The molecule has 0 aromatic carbocycles. The molecule has 0 saturated heterocycles. The standard InChI is InChI=1S/C13H10ClN5OS/c14-8-1-2-10-18-9(5-11(20)19(10)6-8)7-21-13-12(15)16-3-4-17-13/h1-6H,7H2,(H2,15,16). The van der Waals surface area contributed by atoms with Crippen LogP contribution in [0.5, 0.6) is 0 Å². The van der Waals surface area contributed by atoms with Crippen molar-refractivity contribution in [1.29, 1.82) is 0 Å². The van der Waals surface area contributed by atoms with Crippen LogP contribution in [0.2, 0.25) is 5.02 Å². The topological polar surface area (TPSA) is 86.2 Å². The predicted molar refractivity (Wildman–Crippen MR) is 82.5 cm³/mol. The van der Waals surface area contributed by atoms with Gasteiger partial charge in [0, 0.05) is 30.4 Å². The van der Waals surface area contributed by atoms with E-state index in [0.29, 0.717) is 33.0 Å². The molecule has 2 N–H and O–H groups in total. The average molecular weight is 320 g/mol. The Kier molecular flexibility index (Phi) is 3.76. The Morgan fingerprint density at radius 1 is 1.29 bits per heavy atom. The van der Waals surface area contributed by atoms with Gasteiger partial charge in [-0.05, 0) is 12.1 Å². The summed E-state index contributed by atoms with van der Waals surface area (Å²) in [5.41, 5.74) is 6.75. The molecule has 21 heavy (non-hydrogen) atoms. The number of halogens is 1. The fourth-order valence-electron chi connectivity index (χ4n) is 1.79. The molecule has 0 spiro atoms. The fraction of sp³-hybridized carbons (Fsp3) is 0.0769. The highest BCUT2D eigenvalue weighted by molar-refractivity contribution is 7.98. The van der Waals surface area contributed by atoms with Crippen molar-refractivity contribution in [2.75, 3.05) is 5.73 Å². The van der Waals surface area contributed by atoms with Gasteiger partial charge in [0.25, 0.3) is 5.56 Å². The number of fused-ring (bicyclic) bond motifs is 1. The Morgan fingerprint density at radius 3 is 2.90 bits per heavy atom. The van der Waals surface area contributed by atoms with Crippen LogP contribution in [0, 0.1) is 0 Å². The largest absolute Gasteiger partial charge is 0.381 e. The summed E-state index contributed by atoms with van der Waals surface area (Å²) in [6.45, 7) is 0. The molecule has 0 radical (unpaired) electrons. The first kappa shape index (κ1) is 13.8. The molecule has 3 aromatic heterocycles. The number of nitrogen functional groups attached to an aromatic ring is 1. The molecule has 0 fully saturated rings. The first-order valence-electron chi connectivity index (χ1n) is 6.00. The van der Waals surface area contributed by atoms with Crippen LogP contribution in [0.15, 0.2) is 46.6 Å². The zero-order valence-electron chi connectivity index (χ0n) is 10.7. The predicted octanol–water partition coefficient (Wildman–Crippen LogP) is 2.01. The van der Waals surface area contributed by atoms with Gasteiger partial charge in [-0.2, -0.15) is 0 Å². The summed E-state index contributed by atoms with van der Waals surface area (Å²) >= 11 is 7.25. The van der Waals surface area contributed by atoms with Gasteiger partial charge in [0.15, 0.2) is 5.82 Å². The van der Waals surface area contributed by atoms with Gasteiger partial charge in [-0.1, -0.05) is 23.4 Å². The van der Waals surface area contributed by atoms with Crippen LogP contribution in [0.25, 0.3) is 5.65 Å². The van der Waals surface area contributed by atoms with Crippen LogP contribution in [0.1, 0.15) is 5.69 Å². The van der Waals surface area contributed by atoms with Crippen molar-refractivity contribution in [3.63, 3.8) is 0 Å². The van der Waals surface area contributed by atoms with E-state index in [1.807, 2.05) is 0 Å². The summed E-state index contributed by atoms with van der Waals surface area (Å²) in [6.07, 6.45) is 4.65. The van der Waals surface area contributed by atoms with E-state index < -0.39 is 0 Å². The highest BCUT2D eigenvalue weighted by atomic mass is 35.5. The van der Waals surface area contributed by atoms with Crippen LogP contribution >= 0.6 is 23.4 Å². The van der Waals surface area contributed by atoms with Crippen LogP contribution in [-0.4, -0.2) is 19.4 Å². The number of aromatic nitrogens is 4. The smallest absolute Gasteiger partial charge is 0.258 e. The SMILES string of the molecule is Nc1nccnc1SCc1cc(=O)n2cc(Cl)ccc2n1. The summed E-state index contributed by atoms with van der Waals surface area (Å²) in [4.78, 5) is 24.5. The number of nitrogens with two attached hydrogens (primary N) is 1. The third kappa shape index (κ3) is 2.98. The molecule has 0 bridgehead atoms. The molecule has 3 heterocycles. The molecular formula is C13H10ClN5OS. The zero-order valence-corrected chi connectivity index (χ0v) is 12.3. The Hall–Kier alpha value is -2.12. The lowest BCUT2D eigenvalue weighted by Crippen LogP contribution is -2.15. The molecule has 0 amide bonds. The summed E-state index contributed by atoms with van der Waals surface area (Å²) in [6, 6.07) is 4.87. The summed E-state index contributed by atoms with van der Waals surface area (Å²) in [7, 11) is 0. The first-order chi connectivity index (χ1) is 10.1. The second-order valence-corrected chi connectivity index (χ2v) is 5.60. The minimum Gasteiger partial charge on any atom is -0.381 e. The van der Waals surface area contributed by atoms with E-state index in [1.165, 1.54) is 28.4 Å². The molecule has 8 heteroatoms. The summed E-state index contributed by atoms with van der Waals surface area (Å²) < 4.78 is 1.41. The number of hydrogen-bond donors (Lipinski definition) is 1. The summed E-state index contributed by atoms with van der Waals surface area (Å²) in [5, 5.41) is 1.11. The minimum absolute atomic E-state index is 0.176. The van der Waals surface area contributed by atoms with Gasteiger partial charge in [-0.25, -0.2) is 15.0 Å². The van der Waals surface area contributed by atoms with Gasteiger partial charge in [-0.3, -0.25) is 9.20 Å². The van der Waals surface area contributed by atoms with E-state index in [9.17, 15) is 4.79 Å². The third-order valence-electron chi connectivity index (χ3n) is 2.72. The van der Waals surface area contributed by atoms with Crippen molar-refractivity contribution >= 4 is 34.8 Å². The average Bonchev–Trinajstić information content (AvgIpc) is 2.47. The number of thioether (sulfide) groups is 1. The molecule has 106 valence electrons. The van der Waals surface area contributed by atoms with Crippen LogP contribution in [0.3, 0.4) is 0 Å². The molecule has 0 aliphatic heterocycles. The number of anilines is 1. The maximum absolute atomic E-state index is 12.0. The van der Waals surface area contributed by atoms with Gasteiger partial charge < -0.3 is 5.73 Å². The highest BCUT2D eigenvalue weighted by Gasteiger charge is 2.06. The third-order valence-corrected chi connectivity index (χ3v) is 3.98. The fourth-order valence-corrected chi connectivity index (χ4v) is 2.72. The normalized spacial score (nSPS) is 10.9. The van der Waals surface area contributed by atoms with Gasteiger partial charge >= 0.3 is 0 Å². The van der Waals surface area contributed by atoms with E-state index in [2.05, 4.69) is 15.0 Å². The van der Waals surface area contributed by atoms with E-state index in [4.69, 9.17) is 17.3 Å². The molecule has 0 aliphatic carbocycles. The lowest BCUT2D eigenvalue weighted by Gasteiger charge is -2.05. The molecule has 0 aliphatic rings. The second-order valence-electron chi connectivity index (χ2n) is 4.20. The van der Waals surface area contributed by atoms with E-state index in [-0.39, 0.29) is 5.56 Å². The molecule has 3 aromatic rings. The van der Waals surface area contributed by atoms with Gasteiger partial charge in [0.05, 0.1) is 10.7 Å². The molecule has 3 rings (SSSR count). The molecule has 0 unspecified atom stereocenters. The Morgan fingerprint density at radius 2 is 2.10 bits per heavy atom. The van der Waals surface area contributed by atoms with Crippen molar-refractivity contribution < 1.29 is 0 Å². The lowest BCUT2D eigenvalue weighted by molar-refractivity contribution is 1.01. The number of pyridine rings is 1. The van der Waals surface area contributed by atoms with Crippen molar-refractivity contribution in [2.45, 2.75) is 10.8 Å². The minimum atomic E-state index is -0.176. The maximum Gasteiger partial charge on any atom is 0.258 e. The second kappa shape index (κ2) is 5.71. The van der Waals surface area contributed by atoms with Crippen molar-refractivity contribution in [1.82, 2.24) is 19.4 Å². The number of nitrogens with zero attached hydrogens (tertiary/aromatic N) is 4. The Bertz CT molecular complexity index is 867.